The van der Waals surface area contributed by atoms with Crippen LogP contribution in [0.3, 0.4) is 0 Å². The first-order chi connectivity index (χ1) is 36.6. The first kappa shape index (κ1) is 62.5. The minimum Gasteiger partial charge on any atom is -0.350 e. The minimum absolute atomic E-state index is 0.0570. The number of ether oxygens (including phenoxy) is 14. The van der Waals surface area contributed by atoms with Gasteiger partial charge in [-0.15, -0.1) is 0 Å². The van der Waals surface area contributed by atoms with E-state index in [9.17, 15) is 0 Å². The van der Waals surface area contributed by atoms with Gasteiger partial charge in [-0.2, -0.15) is 0 Å². The van der Waals surface area contributed by atoms with Gasteiger partial charge in [0.15, 0.2) is 44.0 Å². The van der Waals surface area contributed by atoms with Crippen molar-refractivity contribution in [1.82, 2.24) is 0 Å². The molecule has 8 saturated heterocycles. The smallest absolute Gasteiger partial charge is 0.161 e. The Morgan fingerprint density at radius 1 is 0.247 bits per heavy atom. The van der Waals surface area contributed by atoms with Crippen LogP contribution in [0.2, 0.25) is 0 Å². The summed E-state index contributed by atoms with van der Waals surface area (Å²) in [5.41, 5.74) is 0. The Kier molecular flexibility index (Phi) is 21.6. The van der Waals surface area contributed by atoms with Gasteiger partial charge < -0.3 is 66.3 Å². The lowest BCUT2D eigenvalue weighted by Gasteiger charge is -2.52. The second-order valence-corrected chi connectivity index (χ2v) is 26.6. The van der Waals surface area contributed by atoms with Gasteiger partial charge in [0.2, 0.25) is 0 Å². The Labute approximate surface area is 467 Å². The van der Waals surface area contributed by atoms with E-state index in [1.807, 2.05) is 0 Å². The summed E-state index contributed by atoms with van der Waals surface area (Å²) < 4.78 is 96.0. The van der Waals surface area contributed by atoms with Crippen molar-refractivity contribution in [2.24, 2.45) is 88.8 Å². The second-order valence-electron chi connectivity index (χ2n) is 26.6. The summed E-state index contributed by atoms with van der Waals surface area (Å²) in [6.07, 6.45) is 1.26. The van der Waals surface area contributed by atoms with Crippen LogP contribution in [0.1, 0.15) is 184 Å². The van der Waals surface area contributed by atoms with E-state index in [0.717, 1.165) is 38.5 Å². The van der Waals surface area contributed by atoms with Crippen molar-refractivity contribution in [3.05, 3.63) is 0 Å². The lowest BCUT2D eigenvalue weighted by atomic mass is 9.78. The fraction of sp³-hybridized carbons (Fsp3) is 1.00. The maximum absolute atomic E-state index is 7.18. The predicted octanol–water partition coefficient (Wildman–Crippen LogP) is 12.4. The zero-order valence-electron chi connectivity index (χ0n) is 51.9. The Morgan fingerprint density at radius 2 is 0.481 bits per heavy atom. The van der Waals surface area contributed by atoms with E-state index in [2.05, 4.69) is 145 Å². The Morgan fingerprint density at radius 3 is 0.753 bits per heavy atom. The molecule has 16 unspecified atom stereocenters. The van der Waals surface area contributed by atoms with Crippen molar-refractivity contribution in [1.29, 1.82) is 0 Å². The molecule has 448 valence electrons. The Balaban J connectivity index is 0.859. The largest absolute Gasteiger partial charge is 0.350 e. The molecule has 0 aliphatic carbocycles. The average molecular weight is 1090 g/mol. The van der Waals surface area contributed by atoms with E-state index in [1.54, 1.807) is 0 Å². The van der Waals surface area contributed by atoms with Crippen LogP contribution in [0.5, 0.6) is 0 Å². The number of hydrogen-bond donors (Lipinski definition) is 0. The average Bonchev–Trinajstić information content (AvgIpc) is 3.94. The molecule has 0 amide bonds. The quantitative estimate of drug-likeness (QED) is 0.129. The number of rotatable bonds is 18. The molecule has 8 aliphatic rings. The molecule has 0 spiro atoms. The standard InChI is InChI=1S/C63H112O14/c1-22-44-30(8)29(7)37(15)58(65-44)72-51-32(10)39(17)59(66-45(51)23-2)73-52-33(11)40(18)60(67-46(52)24-3)74-53-34(12)41(19)61(68-47(53)25-4)75-54-35(13)42(20)62(69-48(54)26-5)76-55-36(14)43(21)63(70-49(55)27-6)77-56-31(9)38(16)57-64-28-50(56)71-57/h29-63H,22-28H2,1-21H3/t29-,30+,31?,32+,33?,34?,35+,36+,37+,38?,39?,40?,41?,42?,43?,44?,45?,46?,47?,48?,49?,50-,51+,52-,53-,54+,55+,56-,57+,58?,59-,60+,61+,62-,63-/m0/s1. The van der Waals surface area contributed by atoms with Crippen LogP contribution in [-0.4, -0.2) is 130 Å². The zero-order chi connectivity index (χ0) is 56.1. The van der Waals surface area contributed by atoms with Crippen LogP contribution in [0, 0.1) is 88.8 Å². The van der Waals surface area contributed by atoms with E-state index in [0.29, 0.717) is 30.3 Å². The van der Waals surface area contributed by atoms with Crippen LogP contribution in [-0.2, 0) is 66.3 Å². The second kappa shape index (κ2) is 26.6. The van der Waals surface area contributed by atoms with Crippen molar-refractivity contribution in [2.75, 3.05) is 6.61 Å². The van der Waals surface area contributed by atoms with Crippen molar-refractivity contribution in [2.45, 2.75) is 307 Å². The van der Waals surface area contributed by atoms with Gasteiger partial charge in [-0.05, 0) is 85.9 Å². The van der Waals surface area contributed by atoms with Crippen molar-refractivity contribution < 1.29 is 66.3 Å². The van der Waals surface area contributed by atoms with Gasteiger partial charge in [0.25, 0.3) is 0 Å². The fourth-order valence-electron chi connectivity index (χ4n) is 14.8. The topological polar surface area (TPSA) is 129 Å². The van der Waals surface area contributed by atoms with Crippen molar-refractivity contribution in [3.8, 4) is 0 Å². The Bertz CT molecular complexity index is 1800. The molecule has 0 N–H and O–H groups in total. The van der Waals surface area contributed by atoms with E-state index >= 15 is 0 Å². The molecule has 14 nitrogen and oxygen atoms in total. The van der Waals surface area contributed by atoms with Crippen molar-refractivity contribution >= 4 is 0 Å². The van der Waals surface area contributed by atoms with Gasteiger partial charge in [-0.3, -0.25) is 0 Å². The maximum Gasteiger partial charge on any atom is 0.161 e. The molecule has 8 aliphatic heterocycles. The maximum atomic E-state index is 7.18. The summed E-state index contributed by atoms with van der Waals surface area (Å²) in [7, 11) is 0. The van der Waals surface area contributed by atoms with Crippen LogP contribution < -0.4 is 0 Å². The summed E-state index contributed by atoms with van der Waals surface area (Å²) in [5.74, 6) is 3.11. The monoisotopic (exact) mass is 1090 g/mol. The number of hydrogen-bond acceptors (Lipinski definition) is 14. The predicted molar refractivity (Wildman–Crippen MR) is 295 cm³/mol. The van der Waals surface area contributed by atoms with Crippen LogP contribution in [0.25, 0.3) is 0 Å². The summed E-state index contributed by atoms with van der Waals surface area (Å²) in [5, 5.41) is 0. The molecule has 77 heavy (non-hydrogen) atoms. The van der Waals surface area contributed by atoms with Gasteiger partial charge in [0.1, 0.15) is 6.10 Å². The highest BCUT2D eigenvalue weighted by Gasteiger charge is 2.55. The first-order valence-electron chi connectivity index (χ1n) is 31.7. The Hall–Kier alpha value is -0.560. The minimum atomic E-state index is -0.415. The molecule has 0 aromatic carbocycles. The summed E-state index contributed by atoms with van der Waals surface area (Å²) >= 11 is 0. The summed E-state index contributed by atoms with van der Waals surface area (Å²) in [6, 6.07) is 0. The van der Waals surface area contributed by atoms with Crippen LogP contribution >= 0.6 is 0 Å². The lowest BCUT2D eigenvalue weighted by Crippen LogP contribution is -2.60. The van der Waals surface area contributed by atoms with Crippen molar-refractivity contribution in [3.63, 3.8) is 0 Å². The summed E-state index contributed by atoms with van der Waals surface area (Å²) in [4.78, 5) is 0. The summed E-state index contributed by atoms with van der Waals surface area (Å²) in [6.45, 7) is 47.8. The highest BCUT2D eigenvalue weighted by molar-refractivity contribution is 4.97. The van der Waals surface area contributed by atoms with Crippen LogP contribution in [0.15, 0.2) is 0 Å². The van der Waals surface area contributed by atoms with E-state index in [1.165, 1.54) is 0 Å². The third-order valence-electron chi connectivity index (χ3n) is 22.3. The molecule has 8 fully saturated rings. The molecule has 0 saturated carbocycles. The lowest BCUT2D eigenvalue weighted by molar-refractivity contribution is -0.369. The third kappa shape index (κ3) is 12.5. The molecule has 0 aromatic rings. The molecule has 8 rings (SSSR count). The fourth-order valence-corrected chi connectivity index (χ4v) is 14.8. The molecule has 2 bridgehead atoms. The molecular formula is C63H112O14. The van der Waals surface area contributed by atoms with E-state index in [-0.39, 0.29) is 170 Å². The highest BCUT2D eigenvalue weighted by atomic mass is 16.8. The van der Waals surface area contributed by atoms with Gasteiger partial charge in [0, 0.05) is 41.4 Å². The van der Waals surface area contributed by atoms with Gasteiger partial charge in [0.05, 0.1) is 79.9 Å². The van der Waals surface area contributed by atoms with Gasteiger partial charge >= 0.3 is 0 Å². The zero-order valence-corrected chi connectivity index (χ0v) is 51.9. The molecule has 0 aromatic heterocycles. The molecule has 0 radical (unpaired) electrons. The van der Waals surface area contributed by atoms with E-state index < -0.39 is 18.9 Å². The molecule has 35 atom stereocenters. The number of fused-ring (bicyclic) bond motifs is 2. The van der Waals surface area contributed by atoms with Gasteiger partial charge in [-0.25, -0.2) is 0 Å². The first-order valence-corrected chi connectivity index (χ1v) is 31.7. The van der Waals surface area contributed by atoms with E-state index in [4.69, 9.17) is 66.3 Å². The highest BCUT2D eigenvalue weighted by Crippen LogP contribution is 2.48. The third-order valence-corrected chi connectivity index (χ3v) is 22.3. The SMILES string of the molecule is CCC1O[C@H](O[C@H]2C(CC)O[C@@H](O[C@H]3C(CC)O[C@@H](O[C@H]4C(C)C(C)[C@@H]5OC[C@@H]4O5)C(C)[C@H]3C)C(C)[C@H]2C)C(C)C(C)[C@@H]1O[C@H]1OC(CC)[C@@H](O[C@@H]2OC(CC)[C@H](OC3OC(CC)[C@H](C)[C@H](C)[C@H]3C)[C@H](C)C2C)C(C)C1C. The molecule has 14 heteroatoms. The van der Waals surface area contributed by atoms with Gasteiger partial charge in [-0.1, -0.05) is 145 Å². The molecule has 8 heterocycles. The normalized spacial score (nSPS) is 54.6. The molecular weight excluding hydrogens is 981 g/mol. The van der Waals surface area contributed by atoms with Crippen LogP contribution in [0.4, 0.5) is 0 Å².